The Morgan fingerprint density at radius 2 is 1.80 bits per heavy atom. The molecular formula is C15H14F2N2O. The normalized spacial score (nSPS) is 10.1. The fraction of sp³-hybridized carbons (Fsp3) is 0.133. The summed E-state index contributed by atoms with van der Waals surface area (Å²) in [5, 5.41) is 5.32. The molecule has 0 aliphatic rings. The lowest BCUT2D eigenvalue weighted by Crippen LogP contribution is -2.29. The highest BCUT2D eigenvalue weighted by molar-refractivity contribution is 5.80. The van der Waals surface area contributed by atoms with E-state index in [2.05, 4.69) is 10.6 Å². The van der Waals surface area contributed by atoms with Gasteiger partial charge in [0.05, 0.1) is 12.2 Å². The molecule has 0 atom stereocenters. The molecule has 104 valence electrons. The minimum atomic E-state index is -0.721. The van der Waals surface area contributed by atoms with Crippen molar-refractivity contribution in [3.05, 3.63) is 65.7 Å². The highest BCUT2D eigenvalue weighted by atomic mass is 19.1. The van der Waals surface area contributed by atoms with Crippen LogP contribution >= 0.6 is 0 Å². The number of benzene rings is 2. The predicted octanol–water partition coefficient (Wildman–Crippen LogP) is 2.69. The Bertz CT molecular complexity index is 588. The van der Waals surface area contributed by atoms with E-state index in [1.54, 1.807) is 0 Å². The van der Waals surface area contributed by atoms with Crippen LogP contribution in [0.4, 0.5) is 14.5 Å². The minimum absolute atomic E-state index is 0.0740. The monoisotopic (exact) mass is 276 g/mol. The number of nitrogens with one attached hydrogen (secondary N) is 2. The maximum Gasteiger partial charge on any atom is 0.239 e. The average molecular weight is 276 g/mol. The van der Waals surface area contributed by atoms with Crippen LogP contribution in [0.3, 0.4) is 0 Å². The molecule has 0 spiro atoms. The second kappa shape index (κ2) is 6.65. The van der Waals surface area contributed by atoms with Gasteiger partial charge in [-0.1, -0.05) is 30.3 Å². The molecule has 0 heterocycles. The van der Waals surface area contributed by atoms with Crippen molar-refractivity contribution in [3.63, 3.8) is 0 Å². The first kappa shape index (κ1) is 14.0. The molecule has 0 aromatic heterocycles. The molecule has 0 radical (unpaired) electrons. The van der Waals surface area contributed by atoms with Gasteiger partial charge in [0, 0.05) is 12.6 Å². The van der Waals surface area contributed by atoms with Crippen LogP contribution in [0.5, 0.6) is 0 Å². The van der Waals surface area contributed by atoms with Gasteiger partial charge in [0.25, 0.3) is 0 Å². The summed E-state index contributed by atoms with van der Waals surface area (Å²) in [6.07, 6.45) is 0. The third kappa shape index (κ3) is 4.05. The molecule has 0 aliphatic carbocycles. The number of hydrogen-bond acceptors (Lipinski definition) is 2. The number of halogens is 2. The highest BCUT2D eigenvalue weighted by Gasteiger charge is 2.05. The van der Waals surface area contributed by atoms with Crippen LogP contribution in [0.2, 0.25) is 0 Å². The van der Waals surface area contributed by atoms with E-state index in [1.165, 1.54) is 6.07 Å². The van der Waals surface area contributed by atoms with Crippen LogP contribution in [-0.2, 0) is 11.3 Å². The lowest BCUT2D eigenvalue weighted by Gasteiger charge is -2.08. The molecule has 5 heteroatoms. The van der Waals surface area contributed by atoms with E-state index in [1.807, 2.05) is 30.3 Å². The fourth-order valence-electron chi connectivity index (χ4n) is 1.67. The molecule has 0 fully saturated rings. The van der Waals surface area contributed by atoms with E-state index < -0.39 is 11.6 Å². The average Bonchev–Trinajstić information content (AvgIpc) is 2.45. The Morgan fingerprint density at radius 3 is 2.50 bits per heavy atom. The molecule has 2 aromatic rings. The van der Waals surface area contributed by atoms with Gasteiger partial charge >= 0.3 is 0 Å². The molecule has 3 nitrogen and oxygen atoms in total. The molecule has 20 heavy (non-hydrogen) atoms. The van der Waals surface area contributed by atoms with Gasteiger partial charge in [0.15, 0.2) is 0 Å². The quantitative estimate of drug-likeness (QED) is 0.881. The first-order chi connectivity index (χ1) is 9.65. The van der Waals surface area contributed by atoms with E-state index in [0.29, 0.717) is 6.54 Å². The number of carbonyl (C=O) groups excluding carboxylic acids is 1. The number of hydrogen-bond donors (Lipinski definition) is 2. The van der Waals surface area contributed by atoms with Crippen molar-refractivity contribution in [2.24, 2.45) is 0 Å². The zero-order valence-electron chi connectivity index (χ0n) is 10.7. The van der Waals surface area contributed by atoms with E-state index in [0.717, 1.165) is 17.7 Å². The van der Waals surface area contributed by atoms with Crippen LogP contribution < -0.4 is 10.6 Å². The van der Waals surface area contributed by atoms with Crippen molar-refractivity contribution >= 4 is 11.6 Å². The number of carbonyl (C=O) groups is 1. The van der Waals surface area contributed by atoms with E-state index in [-0.39, 0.29) is 18.1 Å². The van der Waals surface area contributed by atoms with Crippen molar-refractivity contribution < 1.29 is 13.6 Å². The smallest absolute Gasteiger partial charge is 0.239 e. The minimum Gasteiger partial charge on any atom is -0.374 e. The summed E-state index contributed by atoms with van der Waals surface area (Å²) >= 11 is 0. The summed E-state index contributed by atoms with van der Waals surface area (Å²) in [6, 6.07) is 12.6. The summed E-state index contributed by atoms with van der Waals surface area (Å²) in [4.78, 5) is 11.6. The summed E-state index contributed by atoms with van der Waals surface area (Å²) in [5.74, 6) is -1.64. The molecule has 2 N–H and O–H groups in total. The van der Waals surface area contributed by atoms with Crippen molar-refractivity contribution in [2.45, 2.75) is 6.54 Å². The van der Waals surface area contributed by atoms with Crippen molar-refractivity contribution in [1.82, 2.24) is 5.32 Å². The number of amides is 1. The maximum atomic E-state index is 13.3. The SMILES string of the molecule is O=C(CNc1ccc(F)cc1F)NCc1ccccc1. The van der Waals surface area contributed by atoms with Crippen LogP contribution in [0.1, 0.15) is 5.56 Å². The molecular weight excluding hydrogens is 262 g/mol. The summed E-state index contributed by atoms with van der Waals surface area (Å²) in [5.41, 5.74) is 1.08. The van der Waals surface area contributed by atoms with Gasteiger partial charge in [0.2, 0.25) is 5.91 Å². The topological polar surface area (TPSA) is 41.1 Å². The van der Waals surface area contributed by atoms with Gasteiger partial charge in [-0.05, 0) is 17.7 Å². The molecule has 0 saturated heterocycles. The largest absolute Gasteiger partial charge is 0.374 e. The van der Waals surface area contributed by atoms with E-state index in [9.17, 15) is 13.6 Å². The van der Waals surface area contributed by atoms with Crippen LogP contribution in [0.25, 0.3) is 0 Å². The Hall–Kier alpha value is -2.43. The van der Waals surface area contributed by atoms with Gasteiger partial charge in [-0.3, -0.25) is 4.79 Å². The zero-order chi connectivity index (χ0) is 14.4. The summed E-state index contributed by atoms with van der Waals surface area (Å²) in [7, 11) is 0. The Balaban J connectivity index is 1.80. The van der Waals surface area contributed by atoms with Gasteiger partial charge < -0.3 is 10.6 Å². The Morgan fingerprint density at radius 1 is 1.05 bits per heavy atom. The standard InChI is InChI=1S/C15H14F2N2O/c16-12-6-7-14(13(17)8-12)18-10-15(20)19-9-11-4-2-1-3-5-11/h1-8,18H,9-10H2,(H,19,20). The molecule has 0 saturated carbocycles. The van der Waals surface area contributed by atoms with E-state index in [4.69, 9.17) is 0 Å². The van der Waals surface area contributed by atoms with E-state index >= 15 is 0 Å². The second-order valence-electron chi connectivity index (χ2n) is 4.24. The summed E-state index contributed by atoms with van der Waals surface area (Å²) < 4.78 is 26.0. The van der Waals surface area contributed by atoms with Gasteiger partial charge in [-0.15, -0.1) is 0 Å². The van der Waals surface area contributed by atoms with Crippen LogP contribution in [0.15, 0.2) is 48.5 Å². The molecule has 1 amide bonds. The van der Waals surface area contributed by atoms with Gasteiger partial charge in [0.1, 0.15) is 11.6 Å². The highest BCUT2D eigenvalue weighted by Crippen LogP contribution is 2.14. The third-order valence-electron chi connectivity index (χ3n) is 2.70. The first-order valence-electron chi connectivity index (χ1n) is 6.15. The molecule has 0 bridgehead atoms. The molecule has 0 aliphatic heterocycles. The fourth-order valence-corrected chi connectivity index (χ4v) is 1.67. The van der Waals surface area contributed by atoms with Crippen LogP contribution in [-0.4, -0.2) is 12.5 Å². The molecule has 2 aromatic carbocycles. The first-order valence-corrected chi connectivity index (χ1v) is 6.15. The third-order valence-corrected chi connectivity index (χ3v) is 2.70. The maximum absolute atomic E-state index is 13.3. The van der Waals surface area contributed by atoms with Gasteiger partial charge in [-0.25, -0.2) is 8.78 Å². The predicted molar refractivity (Wildman–Crippen MR) is 73.1 cm³/mol. The van der Waals surface area contributed by atoms with Crippen molar-refractivity contribution in [1.29, 1.82) is 0 Å². The Labute approximate surface area is 115 Å². The zero-order valence-corrected chi connectivity index (χ0v) is 10.7. The molecule has 0 unspecified atom stereocenters. The lowest BCUT2D eigenvalue weighted by atomic mass is 10.2. The van der Waals surface area contributed by atoms with Crippen LogP contribution in [0, 0.1) is 11.6 Å². The van der Waals surface area contributed by atoms with Crippen molar-refractivity contribution in [3.8, 4) is 0 Å². The Kier molecular flexibility index (Phi) is 4.65. The molecule has 2 rings (SSSR count). The number of rotatable bonds is 5. The van der Waals surface area contributed by atoms with Crippen molar-refractivity contribution in [2.75, 3.05) is 11.9 Å². The van der Waals surface area contributed by atoms with Gasteiger partial charge in [-0.2, -0.15) is 0 Å². The lowest BCUT2D eigenvalue weighted by molar-refractivity contribution is -0.119. The second-order valence-corrected chi connectivity index (χ2v) is 4.24. The summed E-state index contributed by atoms with van der Waals surface area (Å²) in [6.45, 7) is 0.336. The number of anilines is 1.